The van der Waals surface area contributed by atoms with Gasteiger partial charge in [0.05, 0.1) is 16.3 Å². The van der Waals surface area contributed by atoms with Gasteiger partial charge < -0.3 is 5.32 Å². The van der Waals surface area contributed by atoms with Gasteiger partial charge >= 0.3 is 0 Å². The fraction of sp³-hybridized carbons (Fsp3) is 0.364. The van der Waals surface area contributed by atoms with Crippen molar-refractivity contribution in [2.45, 2.75) is 43.2 Å². The van der Waals surface area contributed by atoms with Gasteiger partial charge in [0.15, 0.2) is 0 Å². The molecule has 33 heavy (non-hydrogen) atoms. The largest absolute Gasteiger partial charge is 0.325 e. The first-order valence-corrected chi connectivity index (χ1v) is 13.2. The van der Waals surface area contributed by atoms with E-state index < -0.39 is 10.0 Å². The number of sulfonamides is 1. The second-order valence-electron chi connectivity index (χ2n) is 7.99. The van der Waals surface area contributed by atoms with Crippen LogP contribution >= 0.6 is 11.8 Å². The van der Waals surface area contributed by atoms with Crippen molar-refractivity contribution in [3.8, 4) is 5.69 Å². The van der Waals surface area contributed by atoms with Crippen molar-refractivity contribution < 1.29 is 13.2 Å². The van der Waals surface area contributed by atoms with E-state index in [-0.39, 0.29) is 16.6 Å². The van der Waals surface area contributed by atoms with Crippen LogP contribution in [0.4, 0.5) is 5.69 Å². The molecule has 0 saturated carbocycles. The number of thioether (sulfide) groups is 1. The monoisotopic (exact) mass is 486 g/mol. The molecule has 0 unspecified atom stereocenters. The van der Waals surface area contributed by atoms with E-state index in [0.717, 1.165) is 36.1 Å². The van der Waals surface area contributed by atoms with Crippen molar-refractivity contribution in [2.24, 2.45) is 0 Å². The summed E-state index contributed by atoms with van der Waals surface area (Å²) in [4.78, 5) is 12.8. The molecule has 174 valence electrons. The van der Waals surface area contributed by atoms with Crippen LogP contribution in [-0.4, -0.2) is 57.7 Å². The first-order valence-electron chi connectivity index (χ1n) is 10.7. The highest BCUT2D eigenvalue weighted by Crippen LogP contribution is 2.26. The maximum absolute atomic E-state index is 13.0. The minimum atomic E-state index is -3.58. The van der Waals surface area contributed by atoms with E-state index in [4.69, 9.17) is 0 Å². The van der Waals surface area contributed by atoms with E-state index in [9.17, 15) is 13.2 Å². The molecule has 2 heterocycles. The van der Waals surface area contributed by atoms with E-state index >= 15 is 0 Å². The normalized spacial score (nSPS) is 14.8. The molecule has 3 aromatic rings. The Morgan fingerprint density at radius 3 is 2.52 bits per heavy atom. The predicted molar refractivity (Wildman–Crippen MR) is 127 cm³/mol. The summed E-state index contributed by atoms with van der Waals surface area (Å²) in [7, 11) is -3.58. The Balaban J connectivity index is 1.44. The van der Waals surface area contributed by atoms with Crippen molar-refractivity contribution in [2.75, 3.05) is 24.2 Å². The van der Waals surface area contributed by atoms with Crippen LogP contribution < -0.4 is 5.32 Å². The average molecular weight is 487 g/mol. The van der Waals surface area contributed by atoms with Crippen molar-refractivity contribution in [1.82, 2.24) is 24.5 Å². The molecule has 1 aliphatic heterocycles. The molecular weight excluding hydrogens is 460 g/mol. The lowest BCUT2D eigenvalue weighted by molar-refractivity contribution is -0.113. The molecular formula is C22H26N6O3S2. The predicted octanol–water partition coefficient (Wildman–Crippen LogP) is 3.18. The Kier molecular flexibility index (Phi) is 7.11. The van der Waals surface area contributed by atoms with Gasteiger partial charge in [0.1, 0.15) is 0 Å². The van der Waals surface area contributed by atoms with Crippen molar-refractivity contribution >= 4 is 33.4 Å². The molecule has 4 rings (SSSR count). The smallest absolute Gasteiger partial charge is 0.243 e. The Morgan fingerprint density at radius 1 is 1.06 bits per heavy atom. The molecule has 0 spiro atoms. The average Bonchev–Trinajstić information content (AvgIpc) is 3.29. The molecule has 1 aromatic heterocycles. The minimum Gasteiger partial charge on any atom is -0.325 e. The summed E-state index contributed by atoms with van der Waals surface area (Å²) in [6.07, 6.45) is 2.79. The summed E-state index contributed by atoms with van der Waals surface area (Å²) < 4.78 is 29.1. The lowest BCUT2D eigenvalue weighted by Crippen LogP contribution is -2.35. The molecule has 0 bridgehead atoms. The van der Waals surface area contributed by atoms with Gasteiger partial charge in [0.2, 0.25) is 21.1 Å². The van der Waals surface area contributed by atoms with Crippen LogP contribution in [-0.2, 0) is 14.8 Å². The number of carbonyl (C=O) groups excluding carboxylic acids is 1. The zero-order valence-corrected chi connectivity index (χ0v) is 20.2. The first-order chi connectivity index (χ1) is 15.8. The van der Waals surface area contributed by atoms with Crippen LogP contribution in [0, 0.1) is 13.8 Å². The summed E-state index contributed by atoms with van der Waals surface area (Å²) in [5.74, 6) is -0.191. The number of anilines is 1. The van der Waals surface area contributed by atoms with Gasteiger partial charge in [-0.25, -0.2) is 8.42 Å². The first kappa shape index (κ1) is 23.4. The molecule has 0 atom stereocenters. The number of tetrazole rings is 1. The standard InChI is InChI=1S/C22H26N6O3S2/c1-16-6-9-18(10-7-16)28-22(24-25-26-28)32-15-21(29)23-20-14-19(11-8-17(20)2)33(30,31)27-12-4-3-5-13-27/h6-11,14H,3-5,12-13,15H2,1-2H3,(H,23,29). The summed E-state index contributed by atoms with van der Waals surface area (Å²) in [5.41, 5.74) is 3.20. The highest BCUT2D eigenvalue weighted by Gasteiger charge is 2.26. The van der Waals surface area contributed by atoms with Gasteiger partial charge in [0, 0.05) is 18.8 Å². The van der Waals surface area contributed by atoms with E-state index in [0.29, 0.717) is 23.9 Å². The van der Waals surface area contributed by atoms with Crippen LogP contribution in [0.15, 0.2) is 52.5 Å². The second kappa shape index (κ2) is 10.0. The summed E-state index contributed by atoms with van der Waals surface area (Å²) in [6, 6.07) is 12.6. The molecule has 1 fully saturated rings. The number of benzene rings is 2. The molecule has 1 aliphatic rings. The molecule has 2 aromatic carbocycles. The van der Waals surface area contributed by atoms with Gasteiger partial charge in [-0.3, -0.25) is 4.79 Å². The second-order valence-corrected chi connectivity index (χ2v) is 10.9. The van der Waals surface area contributed by atoms with Gasteiger partial charge in [-0.15, -0.1) is 5.10 Å². The van der Waals surface area contributed by atoms with E-state index in [1.165, 1.54) is 22.1 Å². The van der Waals surface area contributed by atoms with Crippen LogP contribution in [0.2, 0.25) is 0 Å². The number of hydrogen-bond acceptors (Lipinski definition) is 7. The highest BCUT2D eigenvalue weighted by atomic mass is 32.2. The van der Waals surface area contributed by atoms with Gasteiger partial charge in [-0.05, 0) is 66.9 Å². The van der Waals surface area contributed by atoms with Gasteiger partial charge in [0.25, 0.3) is 0 Å². The van der Waals surface area contributed by atoms with Crippen molar-refractivity contribution in [1.29, 1.82) is 0 Å². The SMILES string of the molecule is Cc1ccc(-n2nnnc2SCC(=O)Nc2cc(S(=O)(=O)N3CCCCC3)ccc2C)cc1. The van der Waals surface area contributed by atoms with Gasteiger partial charge in [-0.2, -0.15) is 8.99 Å². The van der Waals surface area contributed by atoms with Crippen molar-refractivity contribution in [3.05, 3.63) is 53.6 Å². The summed E-state index contributed by atoms with van der Waals surface area (Å²) in [5, 5.41) is 15.1. The van der Waals surface area contributed by atoms with Crippen molar-refractivity contribution in [3.63, 3.8) is 0 Å². The Labute approximate surface area is 197 Å². The van der Waals surface area contributed by atoms with Crippen LogP contribution in [0.1, 0.15) is 30.4 Å². The Bertz CT molecular complexity index is 1240. The maximum Gasteiger partial charge on any atom is 0.243 e. The molecule has 11 heteroatoms. The topological polar surface area (TPSA) is 110 Å². The zero-order valence-electron chi connectivity index (χ0n) is 18.6. The number of amides is 1. The summed E-state index contributed by atoms with van der Waals surface area (Å²) >= 11 is 1.21. The molecule has 0 radical (unpaired) electrons. The van der Waals surface area contributed by atoms with Crippen LogP contribution in [0.5, 0.6) is 0 Å². The van der Waals surface area contributed by atoms with E-state index in [1.54, 1.807) is 16.8 Å². The lowest BCUT2D eigenvalue weighted by Gasteiger charge is -2.26. The molecule has 1 amide bonds. The minimum absolute atomic E-state index is 0.0782. The number of aromatic nitrogens is 4. The van der Waals surface area contributed by atoms with Crippen LogP contribution in [0.25, 0.3) is 5.69 Å². The maximum atomic E-state index is 13.0. The molecule has 1 N–H and O–H groups in total. The lowest BCUT2D eigenvalue weighted by atomic mass is 10.2. The highest BCUT2D eigenvalue weighted by molar-refractivity contribution is 7.99. The van der Waals surface area contributed by atoms with Crippen LogP contribution in [0.3, 0.4) is 0 Å². The number of aryl methyl sites for hydroxylation is 2. The number of rotatable bonds is 7. The number of carbonyl (C=O) groups is 1. The van der Waals surface area contributed by atoms with E-state index in [1.807, 2.05) is 38.1 Å². The number of hydrogen-bond donors (Lipinski definition) is 1. The quantitative estimate of drug-likeness (QED) is 0.511. The third-order valence-electron chi connectivity index (χ3n) is 5.49. The van der Waals surface area contributed by atoms with Gasteiger partial charge in [-0.1, -0.05) is 41.9 Å². The molecule has 1 saturated heterocycles. The zero-order chi connectivity index (χ0) is 23.4. The third-order valence-corrected chi connectivity index (χ3v) is 8.30. The molecule has 9 nitrogen and oxygen atoms in total. The molecule has 0 aliphatic carbocycles. The Morgan fingerprint density at radius 2 is 1.79 bits per heavy atom. The fourth-order valence-corrected chi connectivity index (χ4v) is 5.82. The Hall–Kier alpha value is -2.76. The summed E-state index contributed by atoms with van der Waals surface area (Å²) in [6.45, 7) is 4.89. The third kappa shape index (κ3) is 5.43. The number of piperidine rings is 1. The number of nitrogens with zero attached hydrogens (tertiary/aromatic N) is 5. The fourth-order valence-electron chi connectivity index (χ4n) is 3.58. The van der Waals surface area contributed by atoms with E-state index in [2.05, 4.69) is 20.8 Å². The number of nitrogens with one attached hydrogen (secondary N) is 1.